The van der Waals surface area contributed by atoms with Gasteiger partial charge >= 0.3 is 6.09 Å². The van der Waals surface area contributed by atoms with Crippen LogP contribution in [0.25, 0.3) is 0 Å². The molecule has 0 aliphatic heterocycles. The summed E-state index contributed by atoms with van der Waals surface area (Å²) in [5.41, 5.74) is 0.171. The fraction of sp³-hybridized carbons (Fsp3) is 0.526. The third-order valence-electron chi connectivity index (χ3n) is 3.13. The second-order valence-electron chi connectivity index (χ2n) is 6.91. The molecule has 0 unspecified atom stereocenters. The number of aliphatic imine (C=N–C) groups is 1. The van der Waals surface area contributed by atoms with Crippen LogP contribution in [0.2, 0.25) is 0 Å². The van der Waals surface area contributed by atoms with Crippen LogP contribution >= 0.6 is 0 Å². The normalized spacial score (nSPS) is 11.4. The van der Waals surface area contributed by atoms with Gasteiger partial charge in [-0.05, 0) is 32.9 Å². The highest BCUT2D eigenvalue weighted by atomic mass is 16.6. The molecule has 0 radical (unpaired) electrons. The first-order chi connectivity index (χ1) is 13.2. The van der Waals surface area contributed by atoms with Crippen LogP contribution in [-0.4, -0.2) is 56.8 Å². The van der Waals surface area contributed by atoms with Gasteiger partial charge in [-0.15, -0.1) is 0 Å². The number of carbonyl (C=O) groups is 2. The zero-order valence-corrected chi connectivity index (χ0v) is 17.2. The lowest BCUT2D eigenvalue weighted by Crippen LogP contribution is -2.43. The number of nitrogens with one attached hydrogen (secondary N) is 4. The number of benzene rings is 1. The number of hydrogen-bond donors (Lipinski definition) is 4. The molecule has 9 heteroatoms. The Morgan fingerprint density at radius 2 is 1.75 bits per heavy atom. The SMILES string of the molecule is CN=C(NCCNC(=O)OC(C)(C)C)NCCOc1cccc(NC(C)=O)c1. The van der Waals surface area contributed by atoms with Gasteiger partial charge in [-0.1, -0.05) is 6.07 Å². The third-order valence-corrected chi connectivity index (χ3v) is 3.13. The Kier molecular flexibility index (Phi) is 9.63. The van der Waals surface area contributed by atoms with Crippen LogP contribution in [0.1, 0.15) is 27.7 Å². The molecule has 2 amide bonds. The van der Waals surface area contributed by atoms with Gasteiger partial charge in [-0.25, -0.2) is 4.79 Å². The third kappa shape index (κ3) is 10.9. The molecule has 0 aliphatic rings. The molecule has 0 aromatic heterocycles. The van der Waals surface area contributed by atoms with E-state index >= 15 is 0 Å². The van der Waals surface area contributed by atoms with Crippen LogP contribution in [0.3, 0.4) is 0 Å². The van der Waals surface area contributed by atoms with Crippen LogP contribution < -0.4 is 26.0 Å². The van der Waals surface area contributed by atoms with Crippen molar-refractivity contribution >= 4 is 23.6 Å². The topological polar surface area (TPSA) is 113 Å². The number of rotatable bonds is 8. The summed E-state index contributed by atoms with van der Waals surface area (Å²) < 4.78 is 10.8. The monoisotopic (exact) mass is 393 g/mol. The van der Waals surface area contributed by atoms with E-state index in [1.165, 1.54) is 6.92 Å². The molecule has 9 nitrogen and oxygen atoms in total. The number of amides is 2. The highest BCUT2D eigenvalue weighted by Gasteiger charge is 2.15. The maximum Gasteiger partial charge on any atom is 0.407 e. The van der Waals surface area contributed by atoms with Crippen LogP contribution in [-0.2, 0) is 9.53 Å². The summed E-state index contributed by atoms with van der Waals surface area (Å²) in [6.45, 7) is 8.75. The number of hydrogen-bond acceptors (Lipinski definition) is 5. The molecule has 0 fully saturated rings. The van der Waals surface area contributed by atoms with E-state index in [2.05, 4.69) is 26.3 Å². The van der Waals surface area contributed by atoms with Crippen LogP contribution in [0.4, 0.5) is 10.5 Å². The number of carbonyl (C=O) groups excluding carboxylic acids is 2. The average Bonchev–Trinajstić information content (AvgIpc) is 2.58. The lowest BCUT2D eigenvalue weighted by Gasteiger charge is -2.20. The van der Waals surface area contributed by atoms with Gasteiger partial charge in [0.05, 0.1) is 6.54 Å². The van der Waals surface area contributed by atoms with Crippen LogP contribution in [0.15, 0.2) is 29.3 Å². The van der Waals surface area contributed by atoms with E-state index in [-0.39, 0.29) is 5.91 Å². The van der Waals surface area contributed by atoms with E-state index < -0.39 is 11.7 Å². The zero-order valence-electron chi connectivity index (χ0n) is 17.2. The van der Waals surface area contributed by atoms with Crippen molar-refractivity contribution in [3.05, 3.63) is 24.3 Å². The number of guanidine groups is 1. The molecule has 1 aromatic carbocycles. The molecule has 0 aliphatic carbocycles. The molecular formula is C19H31N5O4. The molecular weight excluding hydrogens is 362 g/mol. The Hall–Kier alpha value is -2.97. The Bertz CT molecular complexity index is 671. The largest absolute Gasteiger partial charge is 0.492 e. The zero-order chi connectivity index (χ0) is 21.0. The van der Waals surface area contributed by atoms with E-state index in [1.54, 1.807) is 19.2 Å². The Morgan fingerprint density at radius 1 is 1.07 bits per heavy atom. The molecule has 1 aromatic rings. The van der Waals surface area contributed by atoms with E-state index in [1.807, 2.05) is 32.9 Å². The number of nitrogens with zero attached hydrogens (tertiary/aromatic N) is 1. The molecule has 156 valence electrons. The minimum absolute atomic E-state index is 0.130. The van der Waals surface area contributed by atoms with E-state index in [4.69, 9.17) is 9.47 Å². The smallest absolute Gasteiger partial charge is 0.407 e. The van der Waals surface area contributed by atoms with Crippen molar-refractivity contribution < 1.29 is 19.1 Å². The maximum atomic E-state index is 11.6. The van der Waals surface area contributed by atoms with Gasteiger partial charge in [0.25, 0.3) is 0 Å². The van der Waals surface area contributed by atoms with E-state index in [0.717, 1.165) is 0 Å². The molecule has 0 saturated carbocycles. The quantitative estimate of drug-likeness (QED) is 0.304. The van der Waals surface area contributed by atoms with Crippen molar-refractivity contribution in [3.63, 3.8) is 0 Å². The second kappa shape index (κ2) is 11.7. The van der Waals surface area contributed by atoms with Gasteiger partial charge < -0.3 is 30.7 Å². The van der Waals surface area contributed by atoms with Gasteiger partial charge in [0.2, 0.25) is 5.91 Å². The van der Waals surface area contributed by atoms with E-state index in [0.29, 0.717) is 43.6 Å². The standard InChI is InChI=1S/C19H31N5O4/c1-14(25)24-15-7-6-8-16(13-15)27-12-11-22-17(20-5)21-9-10-23-18(26)28-19(2,3)4/h6-8,13H,9-12H2,1-5H3,(H,23,26)(H,24,25)(H2,20,21,22). The Balaban J connectivity index is 2.23. The van der Waals surface area contributed by atoms with Crippen LogP contribution in [0.5, 0.6) is 5.75 Å². The number of alkyl carbamates (subject to hydrolysis) is 1. The summed E-state index contributed by atoms with van der Waals surface area (Å²) in [4.78, 5) is 26.7. The molecule has 0 spiro atoms. The molecule has 0 heterocycles. The molecule has 0 bridgehead atoms. The van der Waals surface area contributed by atoms with Crippen molar-refractivity contribution in [1.82, 2.24) is 16.0 Å². The summed E-state index contributed by atoms with van der Waals surface area (Å²) >= 11 is 0. The van der Waals surface area contributed by atoms with Crippen molar-refractivity contribution in [2.24, 2.45) is 4.99 Å². The van der Waals surface area contributed by atoms with Crippen molar-refractivity contribution in [2.75, 3.05) is 38.6 Å². The molecule has 1 rings (SSSR count). The molecule has 0 saturated heterocycles. The summed E-state index contributed by atoms with van der Waals surface area (Å²) in [5.74, 6) is 1.13. The summed E-state index contributed by atoms with van der Waals surface area (Å²) in [5, 5.41) is 11.6. The summed E-state index contributed by atoms with van der Waals surface area (Å²) in [6, 6.07) is 7.19. The average molecular weight is 393 g/mol. The number of anilines is 1. The maximum absolute atomic E-state index is 11.6. The first-order valence-electron chi connectivity index (χ1n) is 9.11. The van der Waals surface area contributed by atoms with Crippen LogP contribution in [0, 0.1) is 0 Å². The lowest BCUT2D eigenvalue weighted by molar-refractivity contribution is -0.114. The summed E-state index contributed by atoms with van der Waals surface area (Å²) in [7, 11) is 1.66. The minimum atomic E-state index is -0.517. The predicted molar refractivity (Wildman–Crippen MR) is 110 cm³/mol. The number of ether oxygens (including phenoxy) is 2. The second-order valence-corrected chi connectivity index (χ2v) is 6.91. The first-order valence-corrected chi connectivity index (χ1v) is 9.11. The summed E-state index contributed by atoms with van der Waals surface area (Å²) in [6.07, 6.45) is -0.452. The van der Waals surface area contributed by atoms with Crippen molar-refractivity contribution in [1.29, 1.82) is 0 Å². The molecule has 4 N–H and O–H groups in total. The van der Waals surface area contributed by atoms with Gasteiger partial charge in [0, 0.05) is 38.8 Å². The van der Waals surface area contributed by atoms with Gasteiger partial charge in [-0.2, -0.15) is 0 Å². The Morgan fingerprint density at radius 3 is 2.39 bits per heavy atom. The fourth-order valence-electron chi connectivity index (χ4n) is 2.09. The lowest BCUT2D eigenvalue weighted by atomic mass is 10.2. The Labute approximate surface area is 166 Å². The minimum Gasteiger partial charge on any atom is -0.492 e. The fourth-order valence-corrected chi connectivity index (χ4v) is 2.09. The molecule has 28 heavy (non-hydrogen) atoms. The highest BCUT2D eigenvalue weighted by Crippen LogP contribution is 2.16. The van der Waals surface area contributed by atoms with Gasteiger partial charge in [-0.3, -0.25) is 9.79 Å². The van der Waals surface area contributed by atoms with E-state index in [9.17, 15) is 9.59 Å². The molecule has 0 atom stereocenters. The first kappa shape index (κ1) is 23.1. The highest BCUT2D eigenvalue weighted by molar-refractivity contribution is 5.88. The van der Waals surface area contributed by atoms with Crippen molar-refractivity contribution in [3.8, 4) is 5.75 Å². The van der Waals surface area contributed by atoms with Gasteiger partial charge in [0.15, 0.2) is 5.96 Å². The van der Waals surface area contributed by atoms with Crippen molar-refractivity contribution in [2.45, 2.75) is 33.3 Å². The van der Waals surface area contributed by atoms with Gasteiger partial charge in [0.1, 0.15) is 18.0 Å². The predicted octanol–water partition coefficient (Wildman–Crippen LogP) is 1.71.